The van der Waals surface area contributed by atoms with E-state index in [9.17, 15) is 9.59 Å². The Labute approximate surface area is 186 Å². The zero-order chi connectivity index (χ0) is 22.7. The van der Waals surface area contributed by atoms with Crippen molar-refractivity contribution < 1.29 is 23.8 Å². The molecule has 6 heteroatoms. The van der Waals surface area contributed by atoms with Crippen LogP contribution < -0.4 is 9.47 Å². The highest BCUT2D eigenvalue weighted by atomic mass is 16.5. The van der Waals surface area contributed by atoms with Gasteiger partial charge >= 0.3 is 5.97 Å². The molecule has 0 bridgehead atoms. The number of esters is 1. The Morgan fingerprint density at radius 1 is 1.03 bits per heavy atom. The topological polar surface area (TPSA) is 74.7 Å². The quantitative estimate of drug-likeness (QED) is 0.518. The zero-order valence-corrected chi connectivity index (χ0v) is 18.4. The first kappa shape index (κ1) is 21.6. The lowest BCUT2D eigenvalue weighted by Gasteiger charge is -2.22. The summed E-state index contributed by atoms with van der Waals surface area (Å²) in [6.07, 6.45) is 4.53. The summed E-state index contributed by atoms with van der Waals surface area (Å²) in [5, 5.41) is 0.743. The number of fused-ring (bicyclic) bond motifs is 2. The van der Waals surface area contributed by atoms with Gasteiger partial charge in [0.05, 0.1) is 31.0 Å². The molecule has 1 heterocycles. The van der Waals surface area contributed by atoms with Crippen LogP contribution in [0, 0.1) is 0 Å². The van der Waals surface area contributed by atoms with Crippen molar-refractivity contribution in [3.63, 3.8) is 0 Å². The molecule has 1 aromatic heterocycles. The minimum atomic E-state index is -0.484. The number of aromatic nitrogens is 1. The molecule has 0 unspecified atom stereocenters. The highest BCUT2D eigenvalue weighted by Gasteiger charge is 2.26. The van der Waals surface area contributed by atoms with E-state index in [4.69, 9.17) is 19.2 Å². The summed E-state index contributed by atoms with van der Waals surface area (Å²) in [4.78, 5) is 29.3. The van der Waals surface area contributed by atoms with Gasteiger partial charge in [0.15, 0.2) is 17.3 Å². The van der Waals surface area contributed by atoms with Gasteiger partial charge in [0.2, 0.25) is 0 Å². The van der Waals surface area contributed by atoms with Crippen LogP contribution in [0.2, 0.25) is 0 Å². The Balaban J connectivity index is 1.85. The Bertz CT molecular complexity index is 1230. The molecule has 0 N–H and O–H groups in total. The van der Waals surface area contributed by atoms with E-state index in [0.717, 1.165) is 52.6 Å². The molecule has 1 aliphatic carbocycles. The number of hydrogen-bond donors (Lipinski definition) is 0. The van der Waals surface area contributed by atoms with E-state index in [-0.39, 0.29) is 12.4 Å². The van der Waals surface area contributed by atoms with Crippen LogP contribution in [-0.2, 0) is 16.0 Å². The molecular weight excluding hydrogens is 406 g/mol. The number of carbonyl (C=O) groups excluding carboxylic acids is 2. The van der Waals surface area contributed by atoms with Gasteiger partial charge in [-0.1, -0.05) is 24.3 Å². The number of benzene rings is 2. The number of allylic oxidation sites excluding steroid dienone is 1. The molecular formula is C26H25NO5. The van der Waals surface area contributed by atoms with Crippen LogP contribution in [0.3, 0.4) is 0 Å². The van der Waals surface area contributed by atoms with Crippen molar-refractivity contribution in [3.05, 3.63) is 64.8 Å². The van der Waals surface area contributed by atoms with Crippen molar-refractivity contribution in [3.8, 4) is 11.5 Å². The van der Waals surface area contributed by atoms with Crippen LogP contribution in [0.5, 0.6) is 11.5 Å². The van der Waals surface area contributed by atoms with Gasteiger partial charge in [0.25, 0.3) is 0 Å². The van der Waals surface area contributed by atoms with Crippen molar-refractivity contribution in [2.75, 3.05) is 20.8 Å². The predicted molar refractivity (Wildman–Crippen MR) is 123 cm³/mol. The Hall–Kier alpha value is -3.67. The molecule has 0 saturated carbocycles. The van der Waals surface area contributed by atoms with Gasteiger partial charge in [-0.15, -0.1) is 0 Å². The van der Waals surface area contributed by atoms with Crippen LogP contribution in [0.4, 0.5) is 0 Å². The lowest BCUT2D eigenvalue weighted by atomic mass is 9.86. The summed E-state index contributed by atoms with van der Waals surface area (Å²) in [6.45, 7) is 1.16. The van der Waals surface area contributed by atoms with E-state index >= 15 is 0 Å². The molecule has 6 nitrogen and oxygen atoms in total. The largest absolute Gasteiger partial charge is 0.493 e. The van der Waals surface area contributed by atoms with Gasteiger partial charge in [0, 0.05) is 5.39 Å². The van der Waals surface area contributed by atoms with E-state index in [1.54, 1.807) is 14.2 Å². The van der Waals surface area contributed by atoms with Gasteiger partial charge in [0.1, 0.15) is 6.61 Å². The maximum atomic E-state index is 13.0. The summed E-state index contributed by atoms with van der Waals surface area (Å²) < 4.78 is 16.1. The van der Waals surface area contributed by atoms with Gasteiger partial charge in [-0.25, -0.2) is 9.78 Å². The lowest BCUT2D eigenvalue weighted by Crippen LogP contribution is -2.17. The lowest BCUT2D eigenvalue weighted by molar-refractivity contribution is -0.120. The molecule has 0 fully saturated rings. The molecule has 0 radical (unpaired) electrons. The van der Waals surface area contributed by atoms with Crippen molar-refractivity contribution in [1.82, 2.24) is 4.98 Å². The zero-order valence-electron chi connectivity index (χ0n) is 18.4. The molecule has 0 atom stereocenters. The number of carbonyl (C=O) groups is 2. The van der Waals surface area contributed by atoms with Crippen LogP contribution in [0.1, 0.15) is 46.9 Å². The standard InChI is InChI=1S/C26H25NO5/c1-16(28)15-32-26(29)24-19-8-4-5-10-21(19)27-25-18(7-6-9-20(24)25)13-17-11-12-22(30-2)23(14-17)31-3/h4-5,8,10-14H,6-7,9,15H2,1-3H3. The number of pyridine rings is 1. The molecule has 0 saturated heterocycles. The summed E-state index contributed by atoms with van der Waals surface area (Å²) in [5.41, 5.74) is 4.91. The fourth-order valence-corrected chi connectivity index (χ4v) is 4.09. The van der Waals surface area contributed by atoms with Crippen LogP contribution in [0.15, 0.2) is 42.5 Å². The summed E-state index contributed by atoms with van der Waals surface area (Å²) in [6, 6.07) is 13.3. The predicted octanol–water partition coefficient (Wildman–Crippen LogP) is 4.87. The second-order valence-electron chi connectivity index (χ2n) is 7.75. The Kier molecular flexibility index (Phi) is 6.21. The SMILES string of the molecule is COc1ccc(C=C2CCCc3c2nc2ccccc2c3C(=O)OCC(C)=O)cc1OC. The van der Waals surface area contributed by atoms with Crippen LogP contribution >= 0.6 is 0 Å². The second-order valence-corrected chi connectivity index (χ2v) is 7.75. The summed E-state index contributed by atoms with van der Waals surface area (Å²) in [7, 11) is 3.21. The van der Waals surface area contributed by atoms with E-state index in [1.807, 2.05) is 42.5 Å². The third-order valence-electron chi connectivity index (χ3n) is 5.53. The molecule has 1 aliphatic rings. The van der Waals surface area contributed by atoms with Gasteiger partial charge < -0.3 is 14.2 Å². The monoisotopic (exact) mass is 431 g/mol. The summed E-state index contributed by atoms with van der Waals surface area (Å²) in [5.74, 6) is 0.637. The van der Waals surface area contributed by atoms with Gasteiger partial charge in [-0.05, 0) is 67.2 Å². The molecule has 164 valence electrons. The van der Waals surface area contributed by atoms with Gasteiger partial charge in [-0.3, -0.25) is 4.79 Å². The fourth-order valence-electron chi connectivity index (χ4n) is 4.09. The highest BCUT2D eigenvalue weighted by molar-refractivity contribution is 6.07. The van der Waals surface area contributed by atoms with E-state index < -0.39 is 5.97 Å². The maximum Gasteiger partial charge on any atom is 0.339 e. The van der Waals surface area contributed by atoms with Gasteiger partial charge in [-0.2, -0.15) is 0 Å². The number of ketones is 1. The van der Waals surface area contributed by atoms with Crippen molar-refractivity contribution in [2.24, 2.45) is 0 Å². The molecule has 0 amide bonds. The van der Waals surface area contributed by atoms with E-state index in [0.29, 0.717) is 17.1 Å². The number of rotatable bonds is 6. The smallest absolute Gasteiger partial charge is 0.339 e. The first-order valence-corrected chi connectivity index (χ1v) is 10.5. The van der Waals surface area contributed by atoms with Crippen LogP contribution in [0.25, 0.3) is 22.6 Å². The molecule has 3 aromatic rings. The number of nitrogens with zero attached hydrogens (tertiary/aromatic N) is 1. The van der Waals surface area contributed by atoms with Crippen molar-refractivity contribution >= 4 is 34.3 Å². The molecule has 2 aromatic carbocycles. The Morgan fingerprint density at radius 2 is 1.81 bits per heavy atom. The van der Waals surface area contributed by atoms with E-state index in [2.05, 4.69) is 6.08 Å². The minimum Gasteiger partial charge on any atom is -0.493 e. The van der Waals surface area contributed by atoms with Crippen molar-refractivity contribution in [2.45, 2.75) is 26.2 Å². The average molecular weight is 431 g/mol. The molecule has 32 heavy (non-hydrogen) atoms. The average Bonchev–Trinajstić information content (AvgIpc) is 2.81. The maximum absolute atomic E-state index is 13.0. The number of Topliss-reactive ketones (excluding diaryl/α,β-unsaturated/α-hetero) is 1. The number of hydrogen-bond acceptors (Lipinski definition) is 6. The minimum absolute atomic E-state index is 0.195. The first-order chi connectivity index (χ1) is 15.5. The second kappa shape index (κ2) is 9.22. The van der Waals surface area contributed by atoms with E-state index in [1.165, 1.54) is 6.92 Å². The first-order valence-electron chi connectivity index (χ1n) is 10.5. The molecule has 4 rings (SSSR count). The number of methoxy groups -OCH3 is 2. The normalized spacial score (nSPS) is 14.2. The summed E-state index contributed by atoms with van der Waals surface area (Å²) >= 11 is 0. The fraction of sp³-hybridized carbons (Fsp3) is 0.269. The molecule has 0 aliphatic heterocycles. The number of ether oxygens (including phenoxy) is 3. The third-order valence-corrected chi connectivity index (χ3v) is 5.53. The number of para-hydroxylation sites is 1. The highest BCUT2D eigenvalue weighted by Crippen LogP contribution is 2.37. The third kappa shape index (κ3) is 4.21. The van der Waals surface area contributed by atoms with Crippen LogP contribution in [-0.4, -0.2) is 37.6 Å². The van der Waals surface area contributed by atoms with Crippen molar-refractivity contribution in [1.29, 1.82) is 0 Å². The molecule has 0 spiro atoms. The Morgan fingerprint density at radius 3 is 2.56 bits per heavy atom.